The van der Waals surface area contributed by atoms with Gasteiger partial charge in [0.05, 0.1) is 6.61 Å². The Bertz CT molecular complexity index is 1210. The summed E-state index contributed by atoms with van der Waals surface area (Å²) in [6, 6.07) is 14.1. The second-order valence-electron chi connectivity index (χ2n) is 6.09. The topological polar surface area (TPSA) is 89.4 Å². The van der Waals surface area contributed by atoms with Crippen molar-refractivity contribution in [3.05, 3.63) is 81.0 Å². The molecule has 0 fully saturated rings. The Morgan fingerprint density at radius 2 is 1.34 bits per heavy atom. The predicted molar refractivity (Wildman–Crippen MR) is 128 cm³/mol. The molecule has 0 aliphatic rings. The molecule has 0 saturated carbocycles. The second kappa shape index (κ2) is 11.2. The molecule has 4 aromatic rings. The highest BCUT2D eigenvalue weighted by Gasteiger charge is 2.11. The average Bonchev–Trinajstić information content (AvgIpc) is 3.46. The van der Waals surface area contributed by atoms with Crippen LogP contribution < -0.4 is 0 Å². The Morgan fingerprint density at radius 3 is 1.75 bits per heavy atom. The molecule has 4 aromatic heterocycles. The Morgan fingerprint density at radius 1 is 0.844 bits per heavy atom. The Hall–Kier alpha value is -2.78. The molecule has 0 atom stereocenters. The molecule has 0 aliphatic carbocycles. The number of esters is 1. The van der Waals surface area contributed by atoms with E-state index in [9.17, 15) is 9.59 Å². The van der Waals surface area contributed by atoms with Gasteiger partial charge in [0.2, 0.25) is 0 Å². The summed E-state index contributed by atoms with van der Waals surface area (Å²) in [5.41, 5.74) is 1.81. The zero-order chi connectivity index (χ0) is 23.1. The first-order chi connectivity index (χ1) is 15.4. The fourth-order valence-electron chi connectivity index (χ4n) is 2.46. The zero-order valence-corrected chi connectivity index (χ0v) is 19.8. The van der Waals surface area contributed by atoms with Gasteiger partial charge in [0.15, 0.2) is 0 Å². The normalized spacial score (nSPS) is 10.2. The maximum absolute atomic E-state index is 11.5. The van der Waals surface area contributed by atoms with Crippen LogP contribution in [0.1, 0.15) is 26.3 Å². The van der Waals surface area contributed by atoms with Crippen molar-refractivity contribution in [2.24, 2.45) is 0 Å². The molecule has 0 radical (unpaired) electrons. The number of aromatic carboxylic acids is 1. The van der Waals surface area contributed by atoms with Gasteiger partial charge in [-0.2, -0.15) is 0 Å². The molecular weight excluding hydrogens is 491 g/mol. The van der Waals surface area contributed by atoms with Crippen molar-refractivity contribution in [2.45, 2.75) is 6.92 Å². The van der Waals surface area contributed by atoms with E-state index in [1.54, 1.807) is 49.6 Å². The summed E-state index contributed by atoms with van der Waals surface area (Å²) in [6.07, 6.45) is 3.31. The van der Waals surface area contributed by atoms with E-state index in [4.69, 9.17) is 33.0 Å². The number of rotatable bonds is 5. The third-order valence-electron chi connectivity index (χ3n) is 3.92. The molecule has 164 valence electrons. The number of carbonyl (C=O) groups excluding carboxylic acids is 1. The predicted octanol–water partition coefficient (Wildman–Crippen LogP) is 6.80. The fourth-order valence-corrected chi connectivity index (χ4v) is 4.40. The highest BCUT2D eigenvalue weighted by atomic mass is 35.5. The van der Waals surface area contributed by atoms with Crippen molar-refractivity contribution in [2.75, 3.05) is 6.61 Å². The molecule has 1 N–H and O–H groups in total. The Labute approximate surface area is 202 Å². The van der Waals surface area contributed by atoms with Gasteiger partial charge in [-0.3, -0.25) is 0 Å². The van der Waals surface area contributed by atoms with Crippen LogP contribution in [0.4, 0.5) is 0 Å². The number of pyridine rings is 2. The lowest BCUT2D eigenvalue weighted by Crippen LogP contribution is -2.01. The molecule has 10 heteroatoms. The zero-order valence-electron chi connectivity index (χ0n) is 16.6. The van der Waals surface area contributed by atoms with Crippen LogP contribution in [-0.4, -0.2) is 33.6 Å². The molecular formula is C22H16Cl2N2O4S2. The first-order valence-corrected chi connectivity index (χ1v) is 11.6. The van der Waals surface area contributed by atoms with E-state index in [0.29, 0.717) is 26.7 Å². The number of aromatic nitrogens is 2. The molecule has 0 saturated heterocycles. The number of carboxylic acids is 1. The highest BCUT2D eigenvalue weighted by molar-refractivity contribution is 7.17. The van der Waals surface area contributed by atoms with E-state index in [2.05, 4.69) is 9.97 Å². The van der Waals surface area contributed by atoms with Crippen molar-refractivity contribution >= 4 is 57.8 Å². The number of carbonyl (C=O) groups is 2. The van der Waals surface area contributed by atoms with E-state index in [1.165, 1.54) is 22.7 Å². The maximum Gasteiger partial charge on any atom is 0.348 e. The lowest BCUT2D eigenvalue weighted by atomic mass is 10.2. The summed E-state index contributed by atoms with van der Waals surface area (Å²) < 4.78 is 4.93. The summed E-state index contributed by atoms with van der Waals surface area (Å²) >= 11 is 14.0. The molecule has 0 aliphatic heterocycles. The summed E-state index contributed by atoms with van der Waals surface area (Å²) in [5, 5.41) is 9.64. The molecule has 4 heterocycles. The number of ether oxygens (including phenoxy) is 1. The molecule has 0 amide bonds. The SMILES string of the molecule is CCOC(=O)c1ccc(-c2ccc(Cl)nc2)s1.O=C(O)c1ccc(-c2ccc(Cl)nc2)s1. The number of hydrogen-bond acceptors (Lipinski definition) is 7. The van der Waals surface area contributed by atoms with E-state index in [0.717, 1.165) is 20.9 Å². The van der Waals surface area contributed by atoms with Gasteiger partial charge in [0.1, 0.15) is 20.1 Å². The molecule has 0 bridgehead atoms. The molecule has 6 nitrogen and oxygen atoms in total. The van der Waals surface area contributed by atoms with Crippen molar-refractivity contribution in [3.63, 3.8) is 0 Å². The smallest absolute Gasteiger partial charge is 0.348 e. The number of hydrogen-bond donors (Lipinski definition) is 1. The van der Waals surface area contributed by atoms with Crippen LogP contribution >= 0.6 is 45.9 Å². The maximum atomic E-state index is 11.5. The van der Waals surface area contributed by atoms with Crippen LogP contribution in [0.5, 0.6) is 0 Å². The lowest BCUT2D eigenvalue weighted by Gasteiger charge is -1.97. The standard InChI is InChI=1S/C12H10ClNO2S.C10H6ClNO2S/c1-2-16-12(15)10-5-4-9(17-10)8-3-6-11(13)14-7-8;11-9-4-1-6(5-12-9)7-2-3-8(15-7)10(13)14/h3-7H,2H2,1H3;1-5H,(H,13,14). The van der Waals surface area contributed by atoms with Crippen LogP contribution in [0.15, 0.2) is 60.9 Å². The first kappa shape index (κ1) is 23.9. The number of halogens is 2. The molecule has 32 heavy (non-hydrogen) atoms. The minimum atomic E-state index is -0.909. The first-order valence-electron chi connectivity index (χ1n) is 9.21. The minimum Gasteiger partial charge on any atom is -0.477 e. The van der Waals surface area contributed by atoms with Crippen LogP contribution in [0.25, 0.3) is 20.9 Å². The summed E-state index contributed by atoms with van der Waals surface area (Å²) in [5.74, 6) is -1.20. The number of thiophene rings is 2. The van der Waals surface area contributed by atoms with E-state index < -0.39 is 5.97 Å². The second-order valence-corrected chi connectivity index (χ2v) is 9.03. The molecule has 0 aromatic carbocycles. The van der Waals surface area contributed by atoms with Crippen LogP contribution in [0, 0.1) is 0 Å². The molecule has 0 unspecified atom stereocenters. The fraction of sp³-hybridized carbons (Fsp3) is 0.0909. The van der Waals surface area contributed by atoms with Gasteiger partial charge in [0, 0.05) is 33.3 Å². The third kappa shape index (κ3) is 6.37. The van der Waals surface area contributed by atoms with Gasteiger partial charge in [-0.25, -0.2) is 19.6 Å². The van der Waals surface area contributed by atoms with Gasteiger partial charge >= 0.3 is 11.9 Å². The van der Waals surface area contributed by atoms with Crippen molar-refractivity contribution in [1.82, 2.24) is 9.97 Å². The van der Waals surface area contributed by atoms with Crippen LogP contribution in [-0.2, 0) is 4.74 Å². The Kier molecular flexibility index (Phi) is 8.35. The van der Waals surface area contributed by atoms with Crippen molar-refractivity contribution in [1.29, 1.82) is 0 Å². The quantitative estimate of drug-likeness (QED) is 0.236. The molecule has 0 spiro atoms. The van der Waals surface area contributed by atoms with E-state index in [-0.39, 0.29) is 5.97 Å². The number of nitrogens with zero attached hydrogens (tertiary/aromatic N) is 2. The lowest BCUT2D eigenvalue weighted by molar-refractivity contribution is 0.0531. The van der Waals surface area contributed by atoms with Gasteiger partial charge in [-0.15, -0.1) is 22.7 Å². The van der Waals surface area contributed by atoms with Crippen LogP contribution in [0.3, 0.4) is 0 Å². The monoisotopic (exact) mass is 506 g/mol. The summed E-state index contributed by atoms with van der Waals surface area (Å²) in [7, 11) is 0. The van der Waals surface area contributed by atoms with E-state index in [1.807, 2.05) is 18.2 Å². The minimum absolute atomic E-state index is 0.286. The van der Waals surface area contributed by atoms with Gasteiger partial charge in [-0.05, 0) is 55.5 Å². The van der Waals surface area contributed by atoms with Gasteiger partial charge in [0.25, 0.3) is 0 Å². The Balaban J connectivity index is 0.000000182. The van der Waals surface area contributed by atoms with Crippen molar-refractivity contribution < 1.29 is 19.4 Å². The summed E-state index contributed by atoms with van der Waals surface area (Å²) in [4.78, 5) is 32.9. The largest absolute Gasteiger partial charge is 0.477 e. The summed E-state index contributed by atoms with van der Waals surface area (Å²) in [6.45, 7) is 2.17. The highest BCUT2D eigenvalue weighted by Crippen LogP contribution is 2.29. The third-order valence-corrected chi connectivity index (χ3v) is 6.61. The van der Waals surface area contributed by atoms with Crippen molar-refractivity contribution in [3.8, 4) is 20.9 Å². The average molecular weight is 507 g/mol. The van der Waals surface area contributed by atoms with Crippen LogP contribution in [0.2, 0.25) is 10.3 Å². The van der Waals surface area contributed by atoms with Gasteiger partial charge < -0.3 is 9.84 Å². The molecule has 4 rings (SSSR count). The van der Waals surface area contributed by atoms with E-state index >= 15 is 0 Å². The van der Waals surface area contributed by atoms with Gasteiger partial charge in [-0.1, -0.05) is 23.2 Å². The number of carboxylic acid groups (broad SMARTS) is 1.